The molecule has 0 saturated carbocycles. The number of para-hydroxylation sites is 2. The average molecular weight is 294 g/mol. The molecule has 3 rings (SSSR count). The van der Waals surface area contributed by atoms with E-state index >= 15 is 0 Å². The van der Waals surface area contributed by atoms with Gasteiger partial charge in [0.25, 0.3) is 0 Å². The fourth-order valence-electron chi connectivity index (χ4n) is 2.00. The van der Waals surface area contributed by atoms with Crippen LogP contribution in [0.1, 0.15) is 5.56 Å². The van der Waals surface area contributed by atoms with Gasteiger partial charge in [-0.15, -0.1) is 0 Å². The predicted octanol–water partition coefficient (Wildman–Crippen LogP) is 4.28. The number of carbonyl (C=O) groups is 1. The van der Waals surface area contributed by atoms with Gasteiger partial charge in [-0.1, -0.05) is 41.4 Å². The van der Waals surface area contributed by atoms with Crippen LogP contribution in [0.2, 0.25) is 10.0 Å². The summed E-state index contributed by atoms with van der Waals surface area (Å²) in [5, 5.41) is 3.63. The fraction of sp³-hybridized carbons (Fsp3) is 0.0714. The minimum Gasteiger partial charge on any atom is -0.452 e. The molecule has 19 heavy (non-hydrogen) atoms. The predicted molar refractivity (Wildman–Crippen MR) is 75.3 cm³/mol. The monoisotopic (exact) mass is 293 g/mol. The summed E-state index contributed by atoms with van der Waals surface area (Å²) in [5.74, 6) is 0.884. The fourth-order valence-corrected chi connectivity index (χ4v) is 2.47. The summed E-state index contributed by atoms with van der Waals surface area (Å²) in [6.45, 7) is 0. The van der Waals surface area contributed by atoms with Crippen molar-refractivity contribution in [3.05, 3.63) is 52.0 Å². The molecule has 1 aliphatic heterocycles. The van der Waals surface area contributed by atoms with Gasteiger partial charge in [0.1, 0.15) is 0 Å². The second-order valence-electron chi connectivity index (χ2n) is 4.17. The highest BCUT2D eigenvalue weighted by Gasteiger charge is 2.22. The summed E-state index contributed by atoms with van der Waals surface area (Å²) >= 11 is 12.1. The van der Waals surface area contributed by atoms with Gasteiger partial charge in [-0.2, -0.15) is 0 Å². The van der Waals surface area contributed by atoms with Gasteiger partial charge in [0.15, 0.2) is 11.5 Å². The molecule has 0 atom stereocenters. The van der Waals surface area contributed by atoms with Crippen LogP contribution in [0.3, 0.4) is 0 Å². The van der Waals surface area contributed by atoms with Crippen LogP contribution in [-0.4, -0.2) is 5.91 Å². The summed E-state index contributed by atoms with van der Waals surface area (Å²) < 4.78 is 5.75. The van der Waals surface area contributed by atoms with Crippen LogP contribution in [0.5, 0.6) is 11.5 Å². The lowest BCUT2D eigenvalue weighted by Crippen LogP contribution is -2.04. The molecule has 0 aromatic heterocycles. The topological polar surface area (TPSA) is 38.3 Å². The molecule has 0 aliphatic carbocycles. The molecule has 1 N–H and O–H groups in total. The van der Waals surface area contributed by atoms with E-state index < -0.39 is 0 Å². The van der Waals surface area contributed by atoms with Crippen molar-refractivity contribution in [2.45, 2.75) is 6.42 Å². The lowest BCUT2D eigenvalue weighted by Gasteiger charge is -2.12. The largest absolute Gasteiger partial charge is 0.452 e. The van der Waals surface area contributed by atoms with Crippen molar-refractivity contribution in [2.24, 2.45) is 0 Å². The maximum absolute atomic E-state index is 11.4. The first-order chi connectivity index (χ1) is 9.15. The van der Waals surface area contributed by atoms with E-state index in [0.717, 1.165) is 5.56 Å². The summed E-state index contributed by atoms with van der Waals surface area (Å²) in [4.78, 5) is 11.4. The Bertz CT molecular complexity index is 650. The molecule has 2 aromatic rings. The number of hydrogen-bond donors (Lipinski definition) is 1. The summed E-state index contributed by atoms with van der Waals surface area (Å²) in [7, 11) is 0. The Balaban J connectivity index is 2.02. The number of halogens is 2. The highest BCUT2D eigenvalue weighted by molar-refractivity contribution is 6.37. The molecule has 1 aliphatic rings. The Morgan fingerprint density at radius 2 is 1.74 bits per heavy atom. The van der Waals surface area contributed by atoms with Gasteiger partial charge in [-0.3, -0.25) is 4.79 Å². The molecule has 1 amide bonds. The van der Waals surface area contributed by atoms with E-state index in [2.05, 4.69) is 5.32 Å². The second-order valence-corrected chi connectivity index (χ2v) is 4.98. The summed E-state index contributed by atoms with van der Waals surface area (Å²) in [6, 6.07) is 10.6. The Hall–Kier alpha value is -1.71. The van der Waals surface area contributed by atoms with E-state index in [-0.39, 0.29) is 5.91 Å². The van der Waals surface area contributed by atoms with Crippen LogP contribution in [0.25, 0.3) is 0 Å². The van der Waals surface area contributed by atoms with Crippen LogP contribution in [0.4, 0.5) is 5.69 Å². The zero-order valence-corrected chi connectivity index (χ0v) is 11.3. The first-order valence-corrected chi connectivity index (χ1v) is 6.44. The van der Waals surface area contributed by atoms with Gasteiger partial charge in [-0.05, 0) is 23.8 Å². The number of hydrogen-bond acceptors (Lipinski definition) is 2. The normalized spacial score (nSPS) is 13.1. The molecule has 96 valence electrons. The maximum Gasteiger partial charge on any atom is 0.228 e. The first-order valence-electron chi connectivity index (χ1n) is 5.69. The van der Waals surface area contributed by atoms with Crippen LogP contribution >= 0.6 is 23.2 Å². The Labute approximate surface area is 120 Å². The number of carbonyl (C=O) groups excluding carboxylic acids is 1. The van der Waals surface area contributed by atoms with Gasteiger partial charge in [0, 0.05) is 0 Å². The van der Waals surface area contributed by atoms with E-state index in [1.165, 1.54) is 0 Å². The molecule has 0 fully saturated rings. The van der Waals surface area contributed by atoms with Crippen LogP contribution in [0.15, 0.2) is 36.4 Å². The van der Waals surface area contributed by atoms with Gasteiger partial charge < -0.3 is 10.1 Å². The third-order valence-electron chi connectivity index (χ3n) is 2.86. The highest BCUT2D eigenvalue weighted by atomic mass is 35.5. The number of rotatable bonds is 2. The molecular weight excluding hydrogens is 285 g/mol. The number of nitrogens with one attached hydrogen (secondary N) is 1. The summed E-state index contributed by atoms with van der Waals surface area (Å²) in [5.41, 5.74) is 1.59. The molecule has 1 heterocycles. The Kier molecular flexibility index (Phi) is 3.09. The quantitative estimate of drug-likeness (QED) is 0.897. The standard InChI is InChI=1S/C14H9Cl2NO2/c15-9-4-2-5-10(16)14(9)19-11-6-1-3-8-7-12(18)17-13(8)11/h1-6H,7H2,(H,17,18). The van der Waals surface area contributed by atoms with Gasteiger partial charge in [0.05, 0.1) is 22.2 Å². The Morgan fingerprint density at radius 3 is 2.47 bits per heavy atom. The second kappa shape index (κ2) is 4.76. The van der Waals surface area contributed by atoms with Crippen molar-refractivity contribution < 1.29 is 9.53 Å². The lowest BCUT2D eigenvalue weighted by atomic mass is 10.1. The average Bonchev–Trinajstić information content (AvgIpc) is 2.75. The van der Waals surface area contributed by atoms with Crippen molar-refractivity contribution in [1.29, 1.82) is 0 Å². The highest BCUT2D eigenvalue weighted by Crippen LogP contribution is 2.41. The number of amides is 1. The molecule has 0 saturated heterocycles. The first kappa shape index (κ1) is 12.3. The van der Waals surface area contributed by atoms with Crippen molar-refractivity contribution >= 4 is 34.8 Å². The van der Waals surface area contributed by atoms with Crippen molar-refractivity contribution in [2.75, 3.05) is 5.32 Å². The zero-order chi connectivity index (χ0) is 13.4. The summed E-state index contributed by atoms with van der Waals surface area (Å²) in [6.07, 6.45) is 0.364. The third kappa shape index (κ3) is 2.27. The minimum absolute atomic E-state index is 0.0451. The van der Waals surface area contributed by atoms with Crippen LogP contribution in [0, 0.1) is 0 Å². The van der Waals surface area contributed by atoms with Crippen molar-refractivity contribution in [3.63, 3.8) is 0 Å². The smallest absolute Gasteiger partial charge is 0.228 e. The maximum atomic E-state index is 11.4. The molecule has 0 radical (unpaired) electrons. The number of anilines is 1. The number of fused-ring (bicyclic) bond motifs is 1. The van der Waals surface area contributed by atoms with E-state index in [1.54, 1.807) is 24.3 Å². The van der Waals surface area contributed by atoms with Crippen LogP contribution in [-0.2, 0) is 11.2 Å². The van der Waals surface area contributed by atoms with E-state index in [0.29, 0.717) is 33.7 Å². The lowest BCUT2D eigenvalue weighted by molar-refractivity contribution is -0.115. The number of ether oxygens (including phenoxy) is 1. The molecular formula is C14H9Cl2NO2. The van der Waals surface area contributed by atoms with Crippen molar-refractivity contribution in [1.82, 2.24) is 0 Å². The van der Waals surface area contributed by atoms with Gasteiger partial charge in [-0.25, -0.2) is 0 Å². The third-order valence-corrected chi connectivity index (χ3v) is 3.45. The Morgan fingerprint density at radius 1 is 1.05 bits per heavy atom. The zero-order valence-electron chi connectivity index (χ0n) is 9.74. The number of benzene rings is 2. The molecule has 5 heteroatoms. The minimum atomic E-state index is -0.0451. The van der Waals surface area contributed by atoms with Gasteiger partial charge >= 0.3 is 0 Å². The molecule has 2 aromatic carbocycles. The SMILES string of the molecule is O=C1Cc2cccc(Oc3c(Cl)cccc3Cl)c2N1. The molecule has 0 spiro atoms. The van der Waals surface area contributed by atoms with E-state index in [9.17, 15) is 4.79 Å². The molecule has 3 nitrogen and oxygen atoms in total. The van der Waals surface area contributed by atoms with E-state index in [4.69, 9.17) is 27.9 Å². The molecule has 0 bridgehead atoms. The van der Waals surface area contributed by atoms with Gasteiger partial charge in [0.2, 0.25) is 5.91 Å². The van der Waals surface area contributed by atoms with Crippen LogP contribution < -0.4 is 10.1 Å². The molecule has 0 unspecified atom stereocenters. The van der Waals surface area contributed by atoms with Crippen molar-refractivity contribution in [3.8, 4) is 11.5 Å². The van der Waals surface area contributed by atoms with E-state index in [1.807, 2.05) is 12.1 Å².